The molecule has 0 amide bonds. The van der Waals surface area contributed by atoms with Gasteiger partial charge in [0.15, 0.2) is 0 Å². The first kappa shape index (κ1) is 19.2. The van der Waals surface area contributed by atoms with Gasteiger partial charge in [-0.2, -0.15) is 5.26 Å². The molecule has 0 atom stereocenters. The second-order valence-corrected chi connectivity index (χ2v) is 7.15. The Balaban J connectivity index is 1.99. The summed E-state index contributed by atoms with van der Waals surface area (Å²) < 4.78 is 10.5. The summed E-state index contributed by atoms with van der Waals surface area (Å²) in [5, 5.41) is 13.0. The number of halogens is 2. The van der Waals surface area contributed by atoms with Crippen molar-refractivity contribution in [1.29, 1.82) is 5.26 Å². The van der Waals surface area contributed by atoms with E-state index >= 15 is 0 Å². The molecule has 1 aromatic heterocycles. The lowest BCUT2D eigenvalue weighted by Gasteiger charge is -2.08. The molecule has 1 heterocycles. The summed E-state index contributed by atoms with van der Waals surface area (Å²) in [6.45, 7) is 0. The van der Waals surface area contributed by atoms with Crippen LogP contribution in [0.3, 0.4) is 0 Å². The van der Waals surface area contributed by atoms with Crippen LogP contribution in [0.15, 0.2) is 41.8 Å². The minimum absolute atomic E-state index is 0.381. The van der Waals surface area contributed by atoms with Gasteiger partial charge in [-0.1, -0.05) is 23.2 Å². The average Bonchev–Trinajstić information content (AvgIpc) is 3.15. The lowest BCUT2D eigenvalue weighted by atomic mass is 10.1. The van der Waals surface area contributed by atoms with Gasteiger partial charge in [0.25, 0.3) is 0 Å². The highest BCUT2D eigenvalue weighted by atomic mass is 35.5. The summed E-state index contributed by atoms with van der Waals surface area (Å²) in [5.41, 5.74) is 2.75. The lowest BCUT2D eigenvalue weighted by molar-refractivity contribution is 0.414. The molecule has 2 aromatic carbocycles. The molecule has 0 saturated carbocycles. The van der Waals surface area contributed by atoms with E-state index in [0.717, 1.165) is 17.0 Å². The van der Waals surface area contributed by atoms with Crippen molar-refractivity contribution in [2.75, 3.05) is 14.2 Å². The smallest absolute Gasteiger partial charge is 0.144 e. The fourth-order valence-electron chi connectivity index (χ4n) is 2.49. The molecule has 0 N–H and O–H groups in total. The quantitative estimate of drug-likeness (QED) is 0.464. The van der Waals surface area contributed by atoms with Crippen LogP contribution in [0.4, 0.5) is 0 Å². The molecule has 0 aliphatic heterocycles. The van der Waals surface area contributed by atoms with Crippen molar-refractivity contribution >= 4 is 46.2 Å². The van der Waals surface area contributed by atoms with E-state index < -0.39 is 0 Å². The molecule has 0 aliphatic rings. The fraction of sp³-hybridized carbons (Fsp3) is 0.100. The van der Waals surface area contributed by atoms with Crippen LogP contribution < -0.4 is 9.47 Å². The number of allylic oxidation sites excluding steroid dienone is 1. The van der Waals surface area contributed by atoms with Crippen molar-refractivity contribution in [3.63, 3.8) is 0 Å². The van der Waals surface area contributed by atoms with Gasteiger partial charge in [-0.25, -0.2) is 4.98 Å². The first-order valence-corrected chi connectivity index (χ1v) is 9.44. The summed E-state index contributed by atoms with van der Waals surface area (Å²) in [4.78, 5) is 4.58. The summed E-state index contributed by atoms with van der Waals surface area (Å²) in [6, 6.07) is 13.1. The van der Waals surface area contributed by atoms with Crippen molar-refractivity contribution in [3.8, 4) is 28.8 Å². The van der Waals surface area contributed by atoms with Crippen LogP contribution in [0.1, 0.15) is 10.6 Å². The minimum atomic E-state index is 0.381. The van der Waals surface area contributed by atoms with Crippen LogP contribution in [0.25, 0.3) is 22.9 Å². The standard InChI is InChI=1S/C20H14Cl2N2O2S/c1-25-16-5-3-12(4-6-16)18-11-27-20(24-18)14(10-23)7-13-8-15(21)9-17(22)19(13)26-2/h3-9,11H,1-2H3. The van der Waals surface area contributed by atoms with Gasteiger partial charge < -0.3 is 9.47 Å². The predicted octanol–water partition coefficient (Wildman–Crippen LogP) is 6.20. The molecule has 0 fully saturated rings. The Hall–Kier alpha value is -2.52. The molecule has 0 radical (unpaired) electrons. The first-order valence-electron chi connectivity index (χ1n) is 7.81. The van der Waals surface area contributed by atoms with Crippen molar-refractivity contribution in [1.82, 2.24) is 4.98 Å². The molecule has 0 unspecified atom stereocenters. The average molecular weight is 417 g/mol. The lowest BCUT2D eigenvalue weighted by Crippen LogP contribution is -1.90. The topological polar surface area (TPSA) is 55.1 Å². The SMILES string of the molecule is COc1ccc(-c2csc(C(C#N)=Cc3cc(Cl)cc(Cl)c3OC)n2)cc1. The van der Waals surface area contributed by atoms with Gasteiger partial charge in [-0.15, -0.1) is 11.3 Å². The van der Waals surface area contributed by atoms with Gasteiger partial charge in [0.2, 0.25) is 0 Å². The molecule has 0 aliphatic carbocycles. The highest BCUT2D eigenvalue weighted by molar-refractivity contribution is 7.11. The molecule has 0 spiro atoms. The van der Waals surface area contributed by atoms with Crippen molar-refractivity contribution in [3.05, 3.63) is 62.4 Å². The molecule has 27 heavy (non-hydrogen) atoms. The van der Waals surface area contributed by atoms with E-state index in [0.29, 0.717) is 31.9 Å². The number of aromatic nitrogens is 1. The van der Waals surface area contributed by atoms with Gasteiger partial charge in [0, 0.05) is 21.5 Å². The third-order valence-electron chi connectivity index (χ3n) is 3.78. The first-order chi connectivity index (χ1) is 13.0. The number of rotatable bonds is 5. The predicted molar refractivity (Wildman–Crippen MR) is 111 cm³/mol. The second kappa shape index (κ2) is 8.45. The molecular formula is C20H14Cl2N2O2S. The number of nitriles is 1. The van der Waals surface area contributed by atoms with Crippen LogP contribution in [0.2, 0.25) is 10.0 Å². The van der Waals surface area contributed by atoms with Crippen LogP contribution >= 0.6 is 34.5 Å². The van der Waals surface area contributed by atoms with Gasteiger partial charge in [0.05, 0.1) is 30.5 Å². The van der Waals surface area contributed by atoms with Gasteiger partial charge >= 0.3 is 0 Å². The second-order valence-electron chi connectivity index (χ2n) is 5.45. The van der Waals surface area contributed by atoms with Crippen molar-refractivity contribution in [2.24, 2.45) is 0 Å². The number of methoxy groups -OCH3 is 2. The van der Waals surface area contributed by atoms with E-state index in [4.69, 9.17) is 32.7 Å². The maximum Gasteiger partial charge on any atom is 0.144 e. The minimum Gasteiger partial charge on any atom is -0.497 e. The van der Waals surface area contributed by atoms with E-state index in [9.17, 15) is 5.26 Å². The van der Waals surface area contributed by atoms with E-state index in [1.807, 2.05) is 29.6 Å². The number of thiazole rings is 1. The Morgan fingerprint density at radius 1 is 1.15 bits per heavy atom. The van der Waals surface area contributed by atoms with Gasteiger partial charge in [0.1, 0.15) is 22.6 Å². The third kappa shape index (κ3) is 4.25. The Labute approximate surface area is 171 Å². The Morgan fingerprint density at radius 3 is 2.52 bits per heavy atom. The highest BCUT2D eigenvalue weighted by Crippen LogP contribution is 2.35. The maximum absolute atomic E-state index is 9.62. The zero-order chi connectivity index (χ0) is 19.4. The number of ether oxygens (including phenoxy) is 2. The Morgan fingerprint density at radius 2 is 1.89 bits per heavy atom. The van der Waals surface area contributed by atoms with Crippen molar-refractivity contribution < 1.29 is 9.47 Å². The van der Waals surface area contributed by atoms with Crippen LogP contribution in [0, 0.1) is 11.3 Å². The molecule has 4 nitrogen and oxygen atoms in total. The zero-order valence-corrected chi connectivity index (χ0v) is 16.8. The number of benzene rings is 2. The van der Waals surface area contributed by atoms with Crippen LogP contribution in [-0.2, 0) is 0 Å². The molecule has 0 bridgehead atoms. The van der Waals surface area contributed by atoms with Crippen LogP contribution in [0.5, 0.6) is 11.5 Å². The number of hydrogen-bond donors (Lipinski definition) is 0. The molecular weight excluding hydrogens is 403 g/mol. The van der Waals surface area contributed by atoms with E-state index in [-0.39, 0.29) is 0 Å². The summed E-state index contributed by atoms with van der Waals surface area (Å²) in [6.07, 6.45) is 1.67. The molecule has 0 saturated heterocycles. The van der Waals surface area contributed by atoms with Gasteiger partial charge in [-0.05, 0) is 42.5 Å². The van der Waals surface area contributed by atoms with E-state index in [1.165, 1.54) is 18.4 Å². The van der Waals surface area contributed by atoms with Gasteiger partial charge in [-0.3, -0.25) is 0 Å². The number of hydrogen-bond acceptors (Lipinski definition) is 5. The summed E-state index contributed by atoms with van der Waals surface area (Å²) in [5.74, 6) is 1.23. The Bertz CT molecular complexity index is 1040. The molecule has 3 rings (SSSR count). The summed E-state index contributed by atoms with van der Waals surface area (Å²) >= 11 is 13.6. The molecule has 7 heteroatoms. The Kier molecular flexibility index (Phi) is 6.02. The van der Waals surface area contributed by atoms with Crippen molar-refractivity contribution in [2.45, 2.75) is 0 Å². The molecule has 3 aromatic rings. The van der Waals surface area contributed by atoms with Crippen LogP contribution in [-0.4, -0.2) is 19.2 Å². The normalized spacial score (nSPS) is 11.1. The van der Waals surface area contributed by atoms with E-state index in [1.54, 1.807) is 25.3 Å². The zero-order valence-electron chi connectivity index (χ0n) is 14.5. The third-order valence-corrected chi connectivity index (χ3v) is 5.16. The number of nitrogens with zero attached hydrogens (tertiary/aromatic N) is 2. The largest absolute Gasteiger partial charge is 0.497 e. The monoisotopic (exact) mass is 416 g/mol. The summed E-state index contributed by atoms with van der Waals surface area (Å²) in [7, 11) is 3.14. The van der Waals surface area contributed by atoms with E-state index in [2.05, 4.69) is 11.1 Å². The maximum atomic E-state index is 9.62. The fourth-order valence-corrected chi connectivity index (χ4v) is 3.87. The molecule has 136 valence electrons. The highest BCUT2D eigenvalue weighted by Gasteiger charge is 2.13.